The van der Waals surface area contributed by atoms with E-state index in [1.54, 1.807) is 16.9 Å². The number of nitrogens with zero attached hydrogens (tertiary/aromatic N) is 3. The maximum absolute atomic E-state index is 11.9. The van der Waals surface area contributed by atoms with Gasteiger partial charge in [-0.15, -0.1) is 0 Å². The average molecular weight is 251 g/mol. The molecule has 0 spiro atoms. The smallest absolute Gasteiger partial charge is 0.241 e. The highest BCUT2D eigenvalue weighted by Gasteiger charge is 2.25. The van der Waals surface area contributed by atoms with Crippen LogP contribution < -0.4 is 11.1 Å². The molecule has 0 aromatic carbocycles. The van der Waals surface area contributed by atoms with Crippen LogP contribution in [0, 0.1) is 5.92 Å². The molecule has 1 aromatic rings. The second kappa shape index (κ2) is 5.39. The SMILES string of the molecule is CC1CN(C)CCC1NC(=O)Cn1ccc(N)n1. The summed E-state index contributed by atoms with van der Waals surface area (Å²) >= 11 is 0. The maximum Gasteiger partial charge on any atom is 0.241 e. The number of hydrogen-bond donors (Lipinski definition) is 2. The highest BCUT2D eigenvalue weighted by molar-refractivity contribution is 5.76. The lowest BCUT2D eigenvalue weighted by atomic mass is 9.94. The molecule has 2 heterocycles. The molecule has 0 bridgehead atoms. The molecule has 0 saturated carbocycles. The van der Waals surface area contributed by atoms with E-state index in [9.17, 15) is 4.79 Å². The number of hydrogen-bond acceptors (Lipinski definition) is 4. The topological polar surface area (TPSA) is 76.2 Å². The first kappa shape index (κ1) is 12.9. The van der Waals surface area contributed by atoms with Gasteiger partial charge in [-0.1, -0.05) is 6.92 Å². The summed E-state index contributed by atoms with van der Waals surface area (Å²) in [6.07, 6.45) is 2.72. The lowest BCUT2D eigenvalue weighted by molar-refractivity contribution is -0.123. The fourth-order valence-electron chi connectivity index (χ4n) is 2.43. The van der Waals surface area contributed by atoms with Crippen molar-refractivity contribution in [2.45, 2.75) is 25.9 Å². The normalized spacial score (nSPS) is 25.0. The number of amides is 1. The summed E-state index contributed by atoms with van der Waals surface area (Å²) in [4.78, 5) is 14.2. The first-order chi connectivity index (χ1) is 8.54. The van der Waals surface area contributed by atoms with E-state index < -0.39 is 0 Å². The van der Waals surface area contributed by atoms with Gasteiger partial charge in [0, 0.05) is 18.8 Å². The van der Waals surface area contributed by atoms with E-state index in [4.69, 9.17) is 5.73 Å². The van der Waals surface area contributed by atoms with Gasteiger partial charge in [-0.25, -0.2) is 0 Å². The molecule has 1 aliphatic rings. The average Bonchev–Trinajstić information content (AvgIpc) is 2.68. The van der Waals surface area contributed by atoms with Gasteiger partial charge in [0.25, 0.3) is 0 Å². The summed E-state index contributed by atoms with van der Waals surface area (Å²) < 4.78 is 1.56. The van der Waals surface area contributed by atoms with Gasteiger partial charge in [0.2, 0.25) is 5.91 Å². The number of nitrogen functional groups attached to an aromatic ring is 1. The Morgan fingerprint density at radius 3 is 3.06 bits per heavy atom. The minimum absolute atomic E-state index is 0.000460. The Bertz CT molecular complexity index is 416. The van der Waals surface area contributed by atoms with E-state index in [0.29, 0.717) is 11.7 Å². The zero-order chi connectivity index (χ0) is 13.1. The Balaban J connectivity index is 1.84. The highest BCUT2D eigenvalue weighted by atomic mass is 16.2. The number of carbonyl (C=O) groups excluding carboxylic acids is 1. The van der Waals surface area contributed by atoms with Gasteiger partial charge in [-0.2, -0.15) is 5.10 Å². The van der Waals surface area contributed by atoms with Crippen molar-refractivity contribution in [1.82, 2.24) is 20.0 Å². The van der Waals surface area contributed by atoms with Gasteiger partial charge < -0.3 is 16.0 Å². The van der Waals surface area contributed by atoms with Gasteiger partial charge >= 0.3 is 0 Å². The number of carbonyl (C=O) groups is 1. The molecule has 6 nitrogen and oxygen atoms in total. The van der Waals surface area contributed by atoms with Crippen LogP contribution in [-0.2, 0) is 11.3 Å². The van der Waals surface area contributed by atoms with E-state index in [0.717, 1.165) is 19.5 Å². The number of aromatic nitrogens is 2. The molecule has 3 N–H and O–H groups in total. The zero-order valence-corrected chi connectivity index (χ0v) is 11.0. The third-order valence-corrected chi connectivity index (χ3v) is 3.42. The van der Waals surface area contributed by atoms with Crippen molar-refractivity contribution < 1.29 is 4.79 Å². The van der Waals surface area contributed by atoms with Crippen molar-refractivity contribution in [3.63, 3.8) is 0 Å². The maximum atomic E-state index is 11.9. The summed E-state index contributed by atoms with van der Waals surface area (Å²) in [7, 11) is 2.11. The quantitative estimate of drug-likeness (QED) is 0.788. The molecule has 6 heteroatoms. The Morgan fingerprint density at radius 1 is 1.67 bits per heavy atom. The van der Waals surface area contributed by atoms with Gasteiger partial charge in [0.05, 0.1) is 0 Å². The van der Waals surface area contributed by atoms with Crippen molar-refractivity contribution in [2.75, 3.05) is 25.9 Å². The van der Waals surface area contributed by atoms with Crippen molar-refractivity contribution >= 4 is 11.7 Å². The van der Waals surface area contributed by atoms with Crippen LogP contribution in [-0.4, -0.2) is 46.8 Å². The predicted molar refractivity (Wildman–Crippen MR) is 69.8 cm³/mol. The fraction of sp³-hybridized carbons (Fsp3) is 0.667. The number of piperidine rings is 1. The van der Waals surface area contributed by atoms with Gasteiger partial charge in [-0.05, 0) is 32.0 Å². The Morgan fingerprint density at radius 2 is 2.44 bits per heavy atom. The van der Waals surface area contributed by atoms with Crippen molar-refractivity contribution in [3.8, 4) is 0 Å². The Kier molecular flexibility index (Phi) is 3.86. The van der Waals surface area contributed by atoms with Crippen LogP contribution in [0.4, 0.5) is 5.82 Å². The highest BCUT2D eigenvalue weighted by Crippen LogP contribution is 2.15. The number of nitrogens with two attached hydrogens (primary N) is 1. The monoisotopic (exact) mass is 251 g/mol. The summed E-state index contributed by atoms with van der Waals surface area (Å²) in [5.41, 5.74) is 5.51. The second-order valence-electron chi connectivity index (χ2n) is 5.14. The van der Waals surface area contributed by atoms with Crippen LogP contribution in [0.2, 0.25) is 0 Å². The molecular formula is C12H21N5O. The predicted octanol–water partition coefficient (Wildman–Crippen LogP) is -0.0783. The molecule has 1 fully saturated rings. The number of rotatable bonds is 3. The molecule has 0 aliphatic carbocycles. The lowest BCUT2D eigenvalue weighted by Gasteiger charge is -2.35. The van der Waals surface area contributed by atoms with Crippen molar-refractivity contribution in [3.05, 3.63) is 12.3 Å². The molecule has 18 heavy (non-hydrogen) atoms. The minimum atomic E-state index is -0.000460. The minimum Gasteiger partial charge on any atom is -0.382 e. The molecule has 2 atom stereocenters. The largest absolute Gasteiger partial charge is 0.382 e. The van der Waals surface area contributed by atoms with E-state index in [-0.39, 0.29) is 18.5 Å². The van der Waals surface area contributed by atoms with Crippen LogP contribution in [0.5, 0.6) is 0 Å². The number of nitrogens with one attached hydrogen (secondary N) is 1. The molecule has 0 radical (unpaired) electrons. The number of anilines is 1. The van der Waals surface area contributed by atoms with Crippen molar-refractivity contribution in [2.24, 2.45) is 5.92 Å². The Labute approximate surface area is 107 Å². The zero-order valence-electron chi connectivity index (χ0n) is 11.0. The van der Waals surface area contributed by atoms with Gasteiger partial charge in [0.15, 0.2) is 0 Å². The summed E-state index contributed by atoms with van der Waals surface area (Å²) in [6.45, 7) is 4.46. The van der Waals surface area contributed by atoms with Crippen LogP contribution in [0.15, 0.2) is 12.3 Å². The number of likely N-dealkylation sites (tertiary alicyclic amines) is 1. The molecule has 1 aliphatic heterocycles. The summed E-state index contributed by atoms with van der Waals surface area (Å²) in [6, 6.07) is 1.95. The first-order valence-electron chi connectivity index (χ1n) is 6.31. The molecule has 2 unspecified atom stereocenters. The van der Waals surface area contributed by atoms with Gasteiger partial charge in [0.1, 0.15) is 12.4 Å². The molecule has 100 valence electrons. The molecule has 1 saturated heterocycles. The fourth-order valence-corrected chi connectivity index (χ4v) is 2.43. The third-order valence-electron chi connectivity index (χ3n) is 3.42. The Hall–Kier alpha value is -1.56. The van der Waals surface area contributed by atoms with E-state index in [1.807, 2.05) is 0 Å². The van der Waals surface area contributed by atoms with E-state index in [1.165, 1.54) is 0 Å². The molecule has 1 aromatic heterocycles. The van der Waals surface area contributed by atoms with E-state index >= 15 is 0 Å². The van der Waals surface area contributed by atoms with E-state index in [2.05, 4.69) is 29.3 Å². The van der Waals surface area contributed by atoms with Gasteiger partial charge in [-0.3, -0.25) is 9.48 Å². The lowest BCUT2D eigenvalue weighted by Crippen LogP contribution is -2.49. The van der Waals surface area contributed by atoms with Crippen LogP contribution >= 0.6 is 0 Å². The molecule has 2 rings (SSSR count). The first-order valence-corrected chi connectivity index (χ1v) is 6.31. The summed E-state index contributed by atoms with van der Waals surface area (Å²) in [5.74, 6) is 0.922. The molecular weight excluding hydrogens is 230 g/mol. The third kappa shape index (κ3) is 3.22. The van der Waals surface area contributed by atoms with Crippen LogP contribution in [0.3, 0.4) is 0 Å². The summed E-state index contributed by atoms with van der Waals surface area (Å²) in [5, 5.41) is 7.08. The molecule has 1 amide bonds. The second-order valence-corrected chi connectivity index (χ2v) is 5.14. The standard InChI is InChI=1S/C12H21N5O/c1-9-7-16(2)5-3-10(9)14-12(18)8-17-6-4-11(13)15-17/h4,6,9-10H,3,5,7-8H2,1-2H3,(H2,13,15)(H,14,18). The van der Waals surface area contributed by atoms with Crippen LogP contribution in [0.1, 0.15) is 13.3 Å². The van der Waals surface area contributed by atoms with Crippen LogP contribution in [0.25, 0.3) is 0 Å². The van der Waals surface area contributed by atoms with Crippen molar-refractivity contribution in [1.29, 1.82) is 0 Å².